The van der Waals surface area contributed by atoms with E-state index < -0.39 is 0 Å². The lowest BCUT2D eigenvalue weighted by atomic mass is 9.85. The summed E-state index contributed by atoms with van der Waals surface area (Å²) in [5, 5.41) is 1.73. The SMILES string of the molecule is CCOc1cc(/C=C2\SC(=Nc3ccccc3)N([C@H]3CCCC[C@H]3C)C2=O)ccc1OCc1ccc(Cl)c(Cl)c1. The molecule has 1 aliphatic carbocycles. The number of nitrogens with zero attached hydrogens (tertiary/aromatic N) is 2. The monoisotopic (exact) mass is 594 g/mol. The normalized spacial score (nSPS) is 21.3. The van der Waals surface area contributed by atoms with Crippen LogP contribution in [0, 0.1) is 5.92 Å². The average Bonchev–Trinajstić information content (AvgIpc) is 3.25. The second-order valence-corrected chi connectivity index (χ2v) is 11.8. The number of halogens is 2. The van der Waals surface area contributed by atoms with Crippen molar-refractivity contribution in [1.29, 1.82) is 0 Å². The van der Waals surface area contributed by atoms with E-state index in [-0.39, 0.29) is 11.9 Å². The number of hydrogen-bond acceptors (Lipinski definition) is 5. The van der Waals surface area contributed by atoms with Crippen LogP contribution in [0.1, 0.15) is 50.7 Å². The number of ether oxygens (including phenoxy) is 2. The first-order chi connectivity index (χ1) is 19.4. The van der Waals surface area contributed by atoms with Gasteiger partial charge < -0.3 is 9.47 Å². The number of amidine groups is 1. The van der Waals surface area contributed by atoms with E-state index in [1.807, 2.05) is 72.5 Å². The van der Waals surface area contributed by atoms with E-state index in [4.69, 9.17) is 37.7 Å². The molecule has 2 fully saturated rings. The van der Waals surface area contributed by atoms with E-state index in [1.165, 1.54) is 18.2 Å². The van der Waals surface area contributed by atoms with Crippen LogP contribution in [0.4, 0.5) is 5.69 Å². The van der Waals surface area contributed by atoms with Gasteiger partial charge in [-0.15, -0.1) is 0 Å². The second kappa shape index (κ2) is 13.2. The lowest BCUT2D eigenvalue weighted by Crippen LogP contribution is -2.44. The fourth-order valence-corrected chi connectivity index (χ4v) is 6.46. The molecule has 1 saturated carbocycles. The molecule has 0 unspecified atom stereocenters. The van der Waals surface area contributed by atoms with Gasteiger partial charge in [-0.05, 0) is 91.0 Å². The lowest BCUT2D eigenvalue weighted by Gasteiger charge is -2.35. The summed E-state index contributed by atoms with van der Waals surface area (Å²) in [7, 11) is 0. The predicted octanol–water partition coefficient (Wildman–Crippen LogP) is 9.15. The number of carbonyl (C=O) groups is 1. The third-order valence-electron chi connectivity index (χ3n) is 7.16. The number of amides is 1. The molecule has 0 radical (unpaired) electrons. The molecule has 2 aliphatic rings. The maximum Gasteiger partial charge on any atom is 0.267 e. The molecule has 0 bridgehead atoms. The Hall–Kier alpha value is -2.93. The third kappa shape index (κ3) is 6.68. The van der Waals surface area contributed by atoms with Crippen molar-refractivity contribution in [2.45, 2.75) is 52.2 Å². The highest BCUT2D eigenvalue weighted by Gasteiger charge is 2.41. The van der Waals surface area contributed by atoms with Crippen LogP contribution in [0.2, 0.25) is 10.0 Å². The van der Waals surface area contributed by atoms with Crippen molar-refractivity contribution in [1.82, 2.24) is 4.90 Å². The van der Waals surface area contributed by atoms with Gasteiger partial charge in [-0.3, -0.25) is 9.69 Å². The zero-order valence-electron chi connectivity index (χ0n) is 22.6. The highest BCUT2D eigenvalue weighted by Crippen LogP contribution is 2.41. The van der Waals surface area contributed by atoms with Crippen LogP contribution in [0.25, 0.3) is 6.08 Å². The maximum atomic E-state index is 13.8. The van der Waals surface area contributed by atoms with E-state index in [2.05, 4.69) is 6.92 Å². The van der Waals surface area contributed by atoms with Crippen molar-refractivity contribution >= 4 is 57.8 Å². The minimum absolute atomic E-state index is 0.0105. The van der Waals surface area contributed by atoms with Crippen LogP contribution in [0.15, 0.2) is 76.6 Å². The Morgan fingerprint density at radius 2 is 1.77 bits per heavy atom. The van der Waals surface area contributed by atoms with Crippen molar-refractivity contribution in [3.8, 4) is 11.5 Å². The number of hydrogen-bond donors (Lipinski definition) is 0. The molecule has 0 spiro atoms. The quantitative estimate of drug-likeness (QED) is 0.244. The summed E-state index contributed by atoms with van der Waals surface area (Å²) in [4.78, 5) is 21.3. The van der Waals surface area contributed by atoms with Crippen LogP contribution in [-0.4, -0.2) is 28.6 Å². The molecule has 5 nitrogen and oxygen atoms in total. The number of aliphatic imine (C=N–C) groups is 1. The maximum absolute atomic E-state index is 13.8. The van der Waals surface area contributed by atoms with Crippen molar-refractivity contribution in [3.63, 3.8) is 0 Å². The topological polar surface area (TPSA) is 51.1 Å². The molecule has 40 heavy (non-hydrogen) atoms. The van der Waals surface area contributed by atoms with Gasteiger partial charge in [-0.2, -0.15) is 0 Å². The molecule has 8 heteroatoms. The van der Waals surface area contributed by atoms with Gasteiger partial charge >= 0.3 is 0 Å². The van der Waals surface area contributed by atoms with Crippen LogP contribution in [-0.2, 0) is 11.4 Å². The fourth-order valence-electron chi connectivity index (χ4n) is 5.09. The molecular formula is C32H32Cl2N2O3S. The number of rotatable bonds is 8. The Morgan fingerprint density at radius 3 is 2.52 bits per heavy atom. The zero-order valence-corrected chi connectivity index (χ0v) is 24.9. The van der Waals surface area contributed by atoms with E-state index >= 15 is 0 Å². The van der Waals surface area contributed by atoms with Crippen LogP contribution in [0.3, 0.4) is 0 Å². The van der Waals surface area contributed by atoms with Gasteiger partial charge in [0, 0.05) is 6.04 Å². The standard InChI is InChI=1S/C32H32Cl2N2O3S/c1-3-38-29-18-22(14-16-28(29)39-20-23-13-15-25(33)26(34)17-23)19-30-31(37)36(27-12-8-7-9-21(27)2)32(40-30)35-24-10-5-4-6-11-24/h4-6,10-11,13-19,21,27H,3,7-9,12,20H2,1-2H3/b30-19-,35-32?/t21-,27+/m1/s1. The van der Waals surface area contributed by atoms with E-state index in [0.717, 1.165) is 41.2 Å². The van der Waals surface area contributed by atoms with Crippen molar-refractivity contribution in [3.05, 3.63) is 92.8 Å². The molecular weight excluding hydrogens is 563 g/mol. The second-order valence-electron chi connectivity index (χ2n) is 10.0. The van der Waals surface area contributed by atoms with Crippen LogP contribution < -0.4 is 9.47 Å². The summed E-state index contributed by atoms with van der Waals surface area (Å²) in [6.07, 6.45) is 6.38. The number of para-hydroxylation sites is 1. The zero-order chi connectivity index (χ0) is 28.1. The summed E-state index contributed by atoms with van der Waals surface area (Å²) in [5.41, 5.74) is 2.60. The molecule has 5 rings (SSSR count). The first-order valence-corrected chi connectivity index (χ1v) is 15.2. The smallest absolute Gasteiger partial charge is 0.267 e. The predicted molar refractivity (Wildman–Crippen MR) is 166 cm³/mol. The minimum Gasteiger partial charge on any atom is -0.490 e. The molecule has 0 N–H and O–H groups in total. The summed E-state index contributed by atoms with van der Waals surface area (Å²) in [5.74, 6) is 1.67. The molecule has 1 saturated heterocycles. The Balaban J connectivity index is 1.41. The Bertz CT molecular complexity index is 1430. The van der Waals surface area contributed by atoms with Crippen LogP contribution >= 0.6 is 35.0 Å². The number of carbonyl (C=O) groups excluding carboxylic acids is 1. The number of thioether (sulfide) groups is 1. The average molecular weight is 596 g/mol. The van der Waals surface area contributed by atoms with E-state index in [9.17, 15) is 4.79 Å². The van der Waals surface area contributed by atoms with Crippen molar-refractivity contribution in [2.24, 2.45) is 10.9 Å². The molecule has 3 aromatic carbocycles. The van der Waals surface area contributed by atoms with Gasteiger partial charge in [0.25, 0.3) is 5.91 Å². The molecule has 3 aromatic rings. The minimum atomic E-state index is 0.0105. The highest BCUT2D eigenvalue weighted by molar-refractivity contribution is 8.18. The van der Waals surface area contributed by atoms with E-state index in [0.29, 0.717) is 45.6 Å². The Kier molecular flexibility index (Phi) is 9.40. The third-order valence-corrected chi connectivity index (χ3v) is 8.88. The summed E-state index contributed by atoms with van der Waals surface area (Å²) >= 11 is 13.6. The van der Waals surface area contributed by atoms with Crippen molar-refractivity contribution < 1.29 is 14.3 Å². The fraction of sp³-hybridized carbons (Fsp3) is 0.312. The van der Waals surface area contributed by atoms with Gasteiger partial charge in [0.05, 0.1) is 27.2 Å². The summed E-state index contributed by atoms with van der Waals surface area (Å²) in [6, 6.07) is 21.1. The first-order valence-electron chi connectivity index (χ1n) is 13.6. The van der Waals surface area contributed by atoms with Gasteiger partial charge in [0.1, 0.15) is 6.61 Å². The highest BCUT2D eigenvalue weighted by atomic mass is 35.5. The van der Waals surface area contributed by atoms with Crippen molar-refractivity contribution in [2.75, 3.05) is 6.61 Å². The summed E-state index contributed by atoms with van der Waals surface area (Å²) in [6.45, 7) is 4.98. The largest absolute Gasteiger partial charge is 0.490 e. The van der Waals surface area contributed by atoms with Gasteiger partial charge in [0.2, 0.25) is 0 Å². The summed E-state index contributed by atoms with van der Waals surface area (Å²) < 4.78 is 12.0. The molecule has 1 aliphatic heterocycles. The number of benzene rings is 3. The first kappa shape index (κ1) is 28.6. The Labute approximate surface area is 250 Å². The molecule has 1 amide bonds. The van der Waals surface area contributed by atoms with E-state index in [1.54, 1.807) is 12.1 Å². The van der Waals surface area contributed by atoms with Gasteiger partial charge in [-0.25, -0.2) is 4.99 Å². The van der Waals surface area contributed by atoms with Gasteiger partial charge in [0.15, 0.2) is 16.7 Å². The van der Waals surface area contributed by atoms with Gasteiger partial charge in [-0.1, -0.05) is 73.3 Å². The molecule has 0 aromatic heterocycles. The molecule has 2 atom stereocenters. The van der Waals surface area contributed by atoms with Crippen LogP contribution in [0.5, 0.6) is 11.5 Å². The lowest BCUT2D eigenvalue weighted by molar-refractivity contribution is -0.124. The molecule has 1 heterocycles. The Morgan fingerprint density at radius 1 is 0.975 bits per heavy atom. The molecule has 208 valence electrons.